The van der Waals surface area contributed by atoms with Gasteiger partial charge < -0.3 is 5.32 Å². The fourth-order valence-corrected chi connectivity index (χ4v) is 1.94. The van der Waals surface area contributed by atoms with Crippen molar-refractivity contribution in [1.29, 1.82) is 5.26 Å². The minimum atomic E-state index is -0.188. The van der Waals surface area contributed by atoms with E-state index >= 15 is 0 Å². The monoisotopic (exact) mass is 265 g/mol. The third-order valence-corrected chi connectivity index (χ3v) is 2.99. The summed E-state index contributed by atoms with van der Waals surface area (Å²) in [7, 11) is 0. The van der Waals surface area contributed by atoms with Gasteiger partial charge in [0.1, 0.15) is 0 Å². The molecule has 2 aromatic rings. The third-order valence-electron chi connectivity index (χ3n) is 2.99. The molecule has 0 saturated heterocycles. The summed E-state index contributed by atoms with van der Waals surface area (Å²) in [4.78, 5) is 16.3. The summed E-state index contributed by atoms with van der Waals surface area (Å²) in [5, 5.41) is 11.6. The zero-order valence-electron chi connectivity index (χ0n) is 11.3. The fraction of sp³-hybridized carbons (Fsp3) is 0.188. The molecule has 0 radical (unpaired) electrons. The number of carbonyl (C=O) groups excluding carboxylic acids is 1. The number of aryl methyl sites for hydroxylation is 1. The molecule has 2 rings (SSSR count). The number of nitriles is 1. The molecule has 1 aromatic carbocycles. The molecular weight excluding hydrogens is 250 g/mol. The Hall–Kier alpha value is -2.67. The minimum Gasteiger partial charge on any atom is -0.322 e. The molecule has 1 N–H and O–H groups in total. The van der Waals surface area contributed by atoms with Crippen LogP contribution in [0.25, 0.3) is 0 Å². The van der Waals surface area contributed by atoms with Crippen molar-refractivity contribution in [2.24, 2.45) is 0 Å². The zero-order chi connectivity index (χ0) is 14.4. The van der Waals surface area contributed by atoms with Crippen LogP contribution in [0.1, 0.15) is 28.5 Å². The zero-order valence-corrected chi connectivity index (χ0v) is 11.3. The van der Waals surface area contributed by atoms with Gasteiger partial charge in [-0.15, -0.1) is 0 Å². The SMILES string of the molecule is CCc1ccccc1NC(=O)c1ccnc(CC#N)c1. The first-order valence-electron chi connectivity index (χ1n) is 6.45. The van der Waals surface area contributed by atoms with Crippen molar-refractivity contribution in [3.8, 4) is 6.07 Å². The van der Waals surface area contributed by atoms with E-state index in [0.29, 0.717) is 11.3 Å². The summed E-state index contributed by atoms with van der Waals surface area (Å²) >= 11 is 0. The van der Waals surface area contributed by atoms with Crippen LogP contribution in [0.4, 0.5) is 5.69 Å². The second-order valence-corrected chi connectivity index (χ2v) is 4.34. The van der Waals surface area contributed by atoms with Crippen molar-refractivity contribution in [3.63, 3.8) is 0 Å². The Morgan fingerprint density at radius 3 is 2.90 bits per heavy atom. The molecule has 0 spiro atoms. The first kappa shape index (κ1) is 13.8. The number of amides is 1. The molecule has 0 unspecified atom stereocenters. The molecule has 0 fully saturated rings. The number of carbonyl (C=O) groups is 1. The highest BCUT2D eigenvalue weighted by Crippen LogP contribution is 2.16. The highest BCUT2D eigenvalue weighted by Gasteiger charge is 2.09. The normalized spacial score (nSPS) is 9.80. The first-order valence-corrected chi connectivity index (χ1v) is 6.45. The average molecular weight is 265 g/mol. The summed E-state index contributed by atoms with van der Waals surface area (Å²) in [5.41, 5.74) is 3.02. The molecule has 0 aliphatic carbocycles. The molecular formula is C16H15N3O. The van der Waals surface area contributed by atoms with Crippen LogP contribution in [0.3, 0.4) is 0 Å². The van der Waals surface area contributed by atoms with Crippen LogP contribution in [0.5, 0.6) is 0 Å². The van der Waals surface area contributed by atoms with Gasteiger partial charge in [-0.3, -0.25) is 9.78 Å². The van der Waals surface area contributed by atoms with E-state index in [4.69, 9.17) is 5.26 Å². The van der Waals surface area contributed by atoms with Crippen molar-refractivity contribution in [1.82, 2.24) is 4.98 Å². The number of rotatable bonds is 4. The number of pyridine rings is 1. The van der Waals surface area contributed by atoms with Gasteiger partial charge in [0, 0.05) is 17.4 Å². The maximum absolute atomic E-state index is 12.2. The largest absolute Gasteiger partial charge is 0.322 e. The molecule has 1 heterocycles. The van der Waals surface area contributed by atoms with E-state index in [1.165, 1.54) is 0 Å². The van der Waals surface area contributed by atoms with Gasteiger partial charge in [-0.2, -0.15) is 5.26 Å². The minimum absolute atomic E-state index is 0.188. The summed E-state index contributed by atoms with van der Waals surface area (Å²) in [6, 6.07) is 13.0. The van der Waals surface area contributed by atoms with Crippen LogP contribution in [0.15, 0.2) is 42.6 Å². The van der Waals surface area contributed by atoms with Crippen LogP contribution in [0.2, 0.25) is 0 Å². The number of anilines is 1. The summed E-state index contributed by atoms with van der Waals surface area (Å²) in [6.07, 6.45) is 2.60. The Kier molecular flexibility index (Phi) is 4.46. The Balaban J connectivity index is 2.20. The van der Waals surface area contributed by atoms with E-state index in [-0.39, 0.29) is 12.3 Å². The quantitative estimate of drug-likeness (QED) is 0.924. The van der Waals surface area contributed by atoms with Crippen molar-refractivity contribution < 1.29 is 4.79 Å². The van der Waals surface area contributed by atoms with E-state index < -0.39 is 0 Å². The van der Waals surface area contributed by atoms with Crippen molar-refractivity contribution in [3.05, 3.63) is 59.4 Å². The number of benzene rings is 1. The van der Waals surface area contributed by atoms with Gasteiger partial charge >= 0.3 is 0 Å². The molecule has 0 aliphatic rings. The predicted octanol–water partition coefficient (Wildman–Crippen LogP) is 2.96. The predicted molar refractivity (Wildman–Crippen MR) is 77.3 cm³/mol. The van der Waals surface area contributed by atoms with E-state index in [9.17, 15) is 4.79 Å². The summed E-state index contributed by atoms with van der Waals surface area (Å²) in [6.45, 7) is 2.04. The second kappa shape index (κ2) is 6.48. The highest BCUT2D eigenvalue weighted by atomic mass is 16.1. The molecule has 4 heteroatoms. The molecule has 100 valence electrons. The summed E-state index contributed by atoms with van der Waals surface area (Å²) in [5.74, 6) is -0.188. The molecule has 0 atom stereocenters. The number of hydrogen-bond acceptors (Lipinski definition) is 3. The molecule has 20 heavy (non-hydrogen) atoms. The van der Waals surface area contributed by atoms with Crippen LogP contribution in [-0.4, -0.2) is 10.9 Å². The van der Waals surface area contributed by atoms with Gasteiger partial charge in [0.05, 0.1) is 18.2 Å². The van der Waals surface area contributed by atoms with Crippen molar-refractivity contribution in [2.75, 3.05) is 5.32 Å². The molecule has 0 aliphatic heterocycles. The topological polar surface area (TPSA) is 65.8 Å². The Labute approximate surface area is 118 Å². The Morgan fingerprint density at radius 2 is 2.15 bits per heavy atom. The lowest BCUT2D eigenvalue weighted by atomic mass is 10.1. The molecule has 1 amide bonds. The number of aromatic nitrogens is 1. The van der Waals surface area contributed by atoms with E-state index in [0.717, 1.165) is 17.7 Å². The maximum Gasteiger partial charge on any atom is 0.255 e. The van der Waals surface area contributed by atoms with Crippen molar-refractivity contribution in [2.45, 2.75) is 19.8 Å². The van der Waals surface area contributed by atoms with Gasteiger partial charge in [-0.25, -0.2) is 0 Å². The van der Waals surface area contributed by atoms with Gasteiger partial charge in [-0.1, -0.05) is 25.1 Å². The average Bonchev–Trinajstić information content (AvgIpc) is 2.48. The lowest BCUT2D eigenvalue weighted by molar-refractivity contribution is 0.102. The second-order valence-electron chi connectivity index (χ2n) is 4.34. The molecule has 0 saturated carbocycles. The first-order chi connectivity index (χ1) is 9.74. The van der Waals surface area contributed by atoms with Gasteiger partial charge in [0.25, 0.3) is 5.91 Å². The maximum atomic E-state index is 12.2. The van der Waals surface area contributed by atoms with E-state index in [2.05, 4.69) is 10.3 Å². The molecule has 1 aromatic heterocycles. The molecule has 0 bridgehead atoms. The number of nitrogens with zero attached hydrogens (tertiary/aromatic N) is 2. The van der Waals surface area contributed by atoms with E-state index in [1.54, 1.807) is 18.3 Å². The van der Waals surface area contributed by atoms with Crippen LogP contribution < -0.4 is 5.32 Å². The highest BCUT2D eigenvalue weighted by molar-refractivity contribution is 6.04. The fourth-order valence-electron chi connectivity index (χ4n) is 1.94. The molecule has 4 nitrogen and oxygen atoms in total. The van der Waals surface area contributed by atoms with Crippen LogP contribution in [-0.2, 0) is 12.8 Å². The smallest absolute Gasteiger partial charge is 0.255 e. The van der Waals surface area contributed by atoms with Gasteiger partial charge in [0.15, 0.2) is 0 Å². The summed E-state index contributed by atoms with van der Waals surface area (Å²) < 4.78 is 0. The lowest BCUT2D eigenvalue weighted by Gasteiger charge is -2.09. The third kappa shape index (κ3) is 3.21. The van der Waals surface area contributed by atoms with Gasteiger partial charge in [-0.05, 0) is 30.2 Å². The van der Waals surface area contributed by atoms with Crippen LogP contribution >= 0.6 is 0 Å². The lowest BCUT2D eigenvalue weighted by Crippen LogP contribution is -2.13. The number of para-hydroxylation sites is 1. The van der Waals surface area contributed by atoms with Gasteiger partial charge in [0.2, 0.25) is 0 Å². The van der Waals surface area contributed by atoms with Crippen molar-refractivity contribution >= 4 is 11.6 Å². The number of hydrogen-bond donors (Lipinski definition) is 1. The van der Waals surface area contributed by atoms with Crippen LogP contribution in [0, 0.1) is 11.3 Å². The Bertz CT molecular complexity index is 659. The number of nitrogens with one attached hydrogen (secondary N) is 1. The van der Waals surface area contributed by atoms with E-state index in [1.807, 2.05) is 37.3 Å². The Morgan fingerprint density at radius 1 is 1.35 bits per heavy atom. The standard InChI is InChI=1S/C16H15N3O/c1-2-12-5-3-4-6-15(12)19-16(20)13-8-10-18-14(11-13)7-9-17/h3-6,8,10-11H,2,7H2,1H3,(H,19,20).